The zero-order valence-electron chi connectivity index (χ0n) is 19.8. The van der Waals surface area contributed by atoms with Gasteiger partial charge in [-0.1, -0.05) is 0 Å². The summed E-state index contributed by atoms with van der Waals surface area (Å²) < 4.78 is 47.1. The van der Waals surface area contributed by atoms with E-state index in [1.165, 1.54) is 24.5 Å². The first-order chi connectivity index (χ1) is 16.8. The number of nitrogens with one attached hydrogen (secondary N) is 2. The number of amides is 1. The number of halogens is 4. The number of alkyl halides is 3. The zero-order valence-corrected chi connectivity index (χ0v) is 20.6. The van der Waals surface area contributed by atoms with E-state index in [-0.39, 0.29) is 36.3 Å². The van der Waals surface area contributed by atoms with Gasteiger partial charge in [-0.25, -0.2) is 23.1 Å². The van der Waals surface area contributed by atoms with Crippen LogP contribution in [0.1, 0.15) is 60.1 Å². The van der Waals surface area contributed by atoms with Crippen molar-refractivity contribution in [2.45, 2.75) is 63.7 Å². The highest BCUT2D eigenvalue weighted by Crippen LogP contribution is 2.38. The van der Waals surface area contributed by atoms with E-state index >= 15 is 0 Å². The van der Waals surface area contributed by atoms with Gasteiger partial charge < -0.3 is 20.8 Å². The van der Waals surface area contributed by atoms with E-state index in [1.807, 2.05) is 0 Å². The second-order valence-electron chi connectivity index (χ2n) is 9.54. The maximum absolute atomic E-state index is 14.1. The second-order valence-corrected chi connectivity index (χ2v) is 9.54. The van der Waals surface area contributed by atoms with E-state index in [0.29, 0.717) is 64.7 Å². The summed E-state index contributed by atoms with van der Waals surface area (Å²) in [6, 6.07) is 3.43. The molecule has 11 heteroatoms. The zero-order chi connectivity index (χ0) is 24.7. The van der Waals surface area contributed by atoms with Crippen molar-refractivity contribution in [2.24, 2.45) is 11.7 Å². The standard InChI is InChI=1S/C25H28F3N5O2.ClH/c1-12-20(25(34)33-15-5-6-18(29)17(26)9-15)22-23(32-12)21(30-11-31-22)16-8-14(24(27)28)4-7-19(16)35-10-13-2-3-13;/h4,7-8,11,13,15,17-18,24,32H,2-3,5-6,9-10,29H2,1H3,(H,33,34);1H. The molecule has 1 aromatic carbocycles. The summed E-state index contributed by atoms with van der Waals surface area (Å²) in [5.41, 5.74) is 8.07. The van der Waals surface area contributed by atoms with Crippen molar-refractivity contribution in [3.8, 4) is 17.0 Å². The largest absolute Gasteiger partial charge is 0.493 e. The monoisotopic (exact) mass is 523 g/mol. The number of nitrogens with zero attached hydrogens (tertiary/aromatic N) is 2. The van der Waals surface area contributed by atoms with Crippen LogP contribution in [0.15, 0.2) is 24.5 Å². The lowest BCUT2D eigenvalue weighted by Crippen LogP contribution is -2.46. The molecule has 0 saturated heterocycles. The Balaban J connectivity index is 0.00000304. The van der Waals surface area contributed by atoms with Crippen molar-refractivity contribution in [1.82, 2.24) is 20.3 Å². The Bertz CT molecular complexity index is 1250. The third kappa shape index (κ3) is 5.29. The molecule has 2 aliphatic carbocycles. The molecule has 2 saturated carbocycles. The number of aryl methyl sites for hydroxylation is 1. The molecule has 2 aromatic heterocycles. The van der Waals surface area contributed by atoms with Gasteiger partial charge in [-0.3, -0.25) is 4.79 Å². The Morgan fingerprint density at radius 1 is 1.25 bits per heavy atom. The van der Waals surface area contributed by atoms with Crippen molar-refractivity contribution in [2.75, 3.05) is 6.61 Å². The fourth-order valence-corrected chi connectivity index (χ4v) is 4.62. The molecule has 2 fully saturated rings. The molecule has 194 valence electrons. The number of rotatable bonds is 7. The SMILES string of the molecule is Cc1[nH]c2c(-c3cc(C(F)F)ccc3OCC3CC3)ncnc2c1C(=O)NC1CCC(N)C(F)C1.Cl. The number of fused-ring (bicyclic) bond motifs is 1. The highest BCUT2D eigenvalue weighted by atomic mass is 35.5. The molecule has 5 rings (SSSR count). The number of aromatic nitrogens is 3. The normalized spacial score (nSPS) is 21.9. The van der Waals surface area contributed by atoms with Crippen LogP contribution in [0, 0.1) is 12.8 Å². The van der Waals surface area contributed by atoms with Gasteiger partial charge >= 0.3 is 0 Å². The summed E-state index contributed by atoms with van der Waals surface area (Å²) in [4.78, 5) is 25.0. The molecule has 7 nitrogen and oxygen atoms in total. The van der Waals surface area contributed by atoms with Gasteiger partial charge in [-0.2, -0.15) is 0 Å². The molecule has 2 heterocycles. The van der Waals surface area contributed by atoms with Crippen LogP contribution < -0.4 is 15.8 Å². The molecule has 3 unspecified atom stereocenters. The van der Waals surface area contributed by atoms with Gasteiger partial charge in [0, 0.05) is 35.3 Å². The molecule has 0 bridgehead atoms. The van der Waals surface area contributed by atoms with Gasteiger partial charge in [0.05, 0.1) is 17.7 Å². The maximum Gasteiger partial charge on any atom is 0.263 e. The minimum absolute atomic E-state index is 0. The molecular formula is C25H29ClF3N5O2. The maximum atomic E-state index is 14.1. The van der Waals surface area contributed by atoms with E-state index in [1.54, 1.807) is 6.92 Å². The summed E-state index contributed by atoms with van der Waals surface area (Å²) >= 11 is 0. The Hall–Kier alpha value is -2.85. The Morgan fingerprint density at radius 3 is 2.72 bits per heavy atom. The van der Waals surface area contributed by atoms with Crippen molar-refractivity contribution < 1.29 is 22.7 Å². The van der Waals surface area contributed by atoms with Gasteiger partial charge in [0.1, 0.15) is 29.5 Å². The molecule has 2 aliphatic rings. The third-order valence-electron chi connectivity index (χ3n) is 6.84. The summed E-state index contributed by atoms with van der Waals surface area (Å²) in [7, 11) is 0. The van der Waals surface area contributed by atoms with Crippen LogP contribution >= 0.6 is 12.4 Å². The van der Waals surface area contributed by atoms with Crippen molar-refractivity contribution in [1.29, 1.82) is 0 Å². The molecule has 3 aromatic rings. The Kier molecular flexibility index (Phi) is 7.75. The average Bonchev–Trinajstić information content (AvgIpc) is 3.59. The van der Waals surface area contributed by atoms with Gasteiger partial charge in [-0.15, -0.1) is 12.4 Å². The number of aromatic amines is 1. The molecule has 3 atom stereocenters. The Morgan fingerprint density at radius 2 is 2.03 bits per heavy atom. The van der Waals surface area contributed by atoms with Gasteiger partial charge in [-0.05, 0) is 56.7 Å². The molecule has 0 radical (unpaired) electrons. The first kappa shape index (κ1) is 26.2. The van der Waals surface area contributed by atoms with Crippen LogP contribution in [-0.4, -0.2) is 45.7 Å². The topological polar surface area (TPSA) is 106 Å². The van der Waals surface area contributed by atoms with E-state index in [0.717, 1.165) is 12.8 Å². The molecule has 4 N–H and O–H groups in total. The van der Waals surface area contributed by atoms with Crippen molar-refractivity contribution in [3.63, 3.8) is 0 Å². The molecular weight excluding hydrogens is 495 g/mol. The minimum atomic E-state index is -2.65. The van der Waals surface area contributed by atoms with Crippen LogP contribution in [0.25, 0.3) is 22.3 Å². The van der Waals surface area contributed by atoms with Crippen LogP contribution in [0.3, 0.4) is 0 Å². The lowest BCUT2D eigenvalue weighted by molar-refractivity contribution is 0.0906. The van der Waals surface area contributed by atoms with Crippen LogP contribution in [0.4, 0.5) is 13.2 Å². The number of nitrogens with two attached hydrogens (primary N) is 1. The minimum Gasteiger partial charge on any atom is -0.493 e. The van der Waals surface area contributed by atoms with Gasteiger partial charge in [0.2, 0.25) is 0 Å². The van der Waals surface area contributed by atoms with E-state index < -0.39 is 18.6 Å². The smallest absolute Gasteiger partial charge is 0.263 e. The number of H-pyrrole nitrogens is 1. The third-order valence-corrected chi connectivity index (χ3v) is 6.84. The fraction of sp³-hybridized carbons (Fsp3) is 0.480. The van der Waals surface area contributed by atoms with Crippen LogP contribution in [0.5, 0.6) is 5.75 Å². The first-order valence-electron chi connectivity index (χ1n) is 11.9. The van der Waals surface area contributed by atoms with E-state index in [9.17, 15) is 18.0 Å². The number of carbonyl (C=O) groups excluding carboxylic acids is 1. The number of ether oxygens (including phenoxy) is 1. The van der Waals surface area contributed by atoms with Gasteiger partial charge in [0.15, 0.2) is 0 Å². The highest BCUT2D eigenvalue weighted by Gasteiger charge is 2.31. The lowest BCUT2D eigenvalue weighted by Gasteiger charge is -2.29. The number of benzene rings is 1. The molecule has 0 aliphatic heterocycles. The average molecular weight is 524 g/mol. The predicted molar refractivity (Wildman–Crippen MR) is 132 cm³/mol. The number of hydrogen-bond acceptors (Lipinski definition) is 5. The summed E-state index contributed by atoms with van der Waals surface area (Å²) in [6.07, 6.45) is 0.919. The van der Waals surface area contributed by atoms with E-state index in [4.69, 9.17) is 10.5 Å². The number of hydrogen-bond donors (Lipinski definition) is 3. The summed E-state index contributed by atoms with van der Waals surface area (Å²) in [5.74, 6) is 0.550. The van der Waals surface area contributed by atoms with Crippen molar-refractivity contribution >= 4 is 29.3 Å². The molecule has 0 spiro atoms. The molecule has 36 heavy (non-hydrogen) atoms. The summed E-state index contributed by atoms with van der Waals surface area (Å²) in [5, 5.41) is 2.90. The quantitative estimate of drug-likeness (QED) is 0.403. The molecule has 1 amide bonds. The second kappa shape index (κ2) is 10.6. The fourth-order valence-electron chi connectivity index (χ4n) is 4.62. The first-order valence-corrected chi connectivity index (χ1v) is 11.9. The van der Waals surface area contributed by atoms with Crippen LogP contribution in [-0.2, 0) is 0 Å². The van der Waals surface area contributed by atoms with E-state index in [2.05, 4.69) is 20.3 Å². The summed E-state index contributed by atoms with van der Waals surface area (Å²) in [6.45, 7) is 2.24. The van der Waals surface area contributed by atoms with Crippen molar-refractivity contribution in [3.05, 3.63) is 41.3 Å². The Labute approximate surface area is 212 Å². The lowest BCUT2D eigenvalue weighted by atomic mass is 9.90. The highest BCUT2D eigenvalue weighted by molar-refractivity contribution is 6.09. The predicted octanol–water partition coefficient (Wildman–Crippen LogP) is 5.03. The van der Waals surface area contributed by atoms with Gasteiger partial charge in [0.25, 0.3) is 12.3 Å². The number of carbonyl (C=O) groups is 1. The van der Waals surface area contributed by atoms with Crippen LogP contribution in [0.2, 0.25) is 0 Å².